The summed E-state index contributed by atoms with van der Waals surface area (Å²) in [5.74, 6) is -2.25. The summed E-state index contributed by atoms with van der Waals surface area (Å²) in [5.41, 5.74) is 11.6. The molecule has 0 unspecified atom stereocenters. The Morgan fingerprint density at radius 2 is 1.55 bits per heavy atom. The molecule has 0 bridgehead atoms. The summed E-state index contributed by atoms with van der Waals surface area (Å²) in [6.07, 6.45) is -2.29. The Labute approximate surface area is 179 Å². The maximum atomic E-state index is 12.2. The molecule has 1 aromatic rings. The molecule has 0 saturated carbocycles. The van der Waals surface area contributed by atoms with Gasteiger partial charge >= 0.3 is 12.1 Å². The monoisotopic (exact) mass is 445 g/mol. The van der Waals surface area contributed by atoms with E-state index in [1.807, 2.05) is 0 Å². The molecule has 0 aliphatic rings. The van der Waals surface area contributed by atoms with E-state index in [0.717, 1.165) is 12.8 Å². The number of carbonyl (C=O) groups excluding carboxylic acids is 3. The highest BCUT2D eigenvalue weighted by Gasteiger charge is 2.38. The molecule has 0 radical (unpaired) electrons. The fourth-order valence-corrected chi connectivity index (χ4v) is 2.79. The first-order valence-corrected chi connectivity index (χ1v) is 10.1. The molecule has 0 saturated heterocycles. The number of carbonyl (C=O) groups is 3. The van der Waals surface area contributed by atoms with Gasteiger partial charge in [-0.1, -0.05) is 18.6 Å². The number of anilines is 1. The SMILES string of the molecule is NCCN(CCN)C(=O)CCCCCNC(=O)Cc1ccc(NC(=O)C(F)(F)F)cc1. The van der Waals surface area contributed by atoms with Crippen molar-refractivity contribution in [1.82, 2.24) is 10.2 Å². The highest BCUT2D eigenvalue weighted by molar-refractivity contribution is 5.94. The number of amides is 3. The second-order valence-electron chi connectivity index (χ2n) is 6.94. The molecule has 0 fully saturated rings. The van der Waals surface area contributed by atoms with Gasteiger partial charge in [-0.15, -0.1) is 0 Å². The second-order valence-corrected chi connectivity index (χ2v) is 6.94. The Morgan fingerprint density at radius 3 is 2.10 bits per heavy atom. The molecule has 0 atom stereocenters. The minimum atomic E-state index is -4.96. The van der Waals surface area contributed by atoms with Crippen molar-refractivity contribution in [2.24, 2.45) is 11.5 Å². The van der Waals surface area contributed by atoms with Crippen LogP contribution in [-0.2, 0) is 20.8 Å². The number of nitrogens with two attached hydrogens (primary N) is 2. The van der Waals surface area contributed by atoms with Crippen LogP contribution in [0.4, 0.5) is 18.9 Å². The zero-order valence-corrected chi connectivity index (χ0v) is 17.3. The maximum Gasteiger partial charge on any atom is 0.471 e. The average Bonchev–Trinajstić information content (AvgIpc) is 2.71. The molecule has 1 rings (SSSR count). The van der Waals surface area contributed by atoms with Crippen molar-refractivity contribution < 1.29 is 27.6 Å². The first-order valence-electron chi connectivity index (χ1n) is 10.1. The lowest BCUT2D eigenvalue weighted by Gasteiger charge is -2.21. The van der Waals surface area contributed by atoms with Gasteiger partial charge in [-0.05, 0) is 30.5 Å². The summed E-state index contributed by atoms with van der Waals surface area (Å²) in [4.78, 5) is 36.6. The van der Waals surface area contributed by atoms with Crippen LogP contribution >= 0.6 is 0 Å². The van der Waals surface area contributed by atoms with Gasteiger partial charge in [-0.2, -0.15) is 13.2 Å². The smallest absolute Gasteiger partial charge is 0.356 e. The Kier molecular flexibility index (Phi) is 11.6. The molecule has 3 amide bonds. The van der Waals surface area contributed by atoms with Crippen LogP contribution in [0.5, 0.6) is 0 Å². The molecule has 31 heavy (non-hydrogen) atoms. The van der Waals surface area contributed by atoms with Gasteiger partial charge in [0, 0.05) is 44.8 Å². The normalized spacial score (nSPS) is 11.1. The molecular weight excluding hydrogens is 415 g/mol. The van der Waals surface area contributed by atoms with Crippen molar-refractivity contribution in [3.05, 3.63) is 29.8 Å². The highest BCUT2D eigenvalue weighted by Crippen LogP contribution is 2.18. The lowest BCUT2D eigenvalue weighted by atomic mass is 10.1. The first kappa shape index (κ1) is 26.4. The highest BCUT2D eigenvalue weighted by atomic mass is 19.4. The van der Waals surface area contributed by atoms with Gasteiger partial charge in [-0.3, -0.25) is 14.4 Å². The van der Waals surface area contributed by atoms with Crippen LogP contribution in [0.25, 0.3) is 0 Å². The number of hydrogen-bond acceptors (Lipinski definition) is 5. The molecule has 1 aromatic carbocycles. The Morgan fingerprint density at radius 1 is 0.935 bits per heavy atom. The van der Waals surface area contributed by atoms with Crippen LogP contribution in [0, 0.1) is 0 Å². The van der Waals surface area contributed by atoms with Gasteiger partial charge < -0.3 is 27.0 Å². The van der Waals surface area contributed by atoms with Crippen molar-refractivity contribution in [2.75, 3.05) is 38.0 Å². The molecule has 8 nitrogen and oxygen atoms in total. The maximum absolute atomic E-state index is 12.2. The van der Waals surface area contributed by atoms with Crippen LogP contribution < -0.4 is 22.1 Å². The van der Waals surface area contributed by atoms with Crippen LogP contribution in [-0.4, -0.2) is 61.5 Å². The Hall–Kier alpha value is -2.66. The molecule has 0 aromatic heterocycles. The number of hydrogen-bond donors (Lipinski definition) is 4. The van der Waals surface area contributed by atoms with Crippen LogP contribution in [0.1, 0.15) is 31.2 Å². The minimum absolute atomic E-state index is 0.00230. The average molecular weight is 445 g/mol. The topological polar surface area (TPSA) is 131 Å². The van der Waals surface area contributed by atoms with Gasteiger partial charge in [0.2, 0.25) is 11.8 Å². The zero-order chi connectivity index (χ0) is 23.3. The third-order valence-electron chi connectivity index (χ3n) is 4.37. The summed E-state index contributed by atoms with van der Waals surface area (Å²) < 4.78 is 36.7. The van der Waals surface area contributed by atoms with Crippen LogP contribution in [0.2, 0.25) is 0 Å². The van der Waals surface area contributed by atoms with E-state index in [1.54, 1.807) is 10.2 Å². The summed E-state index contributed by atoms with van der Waals surface area (Å²) >= 11 is 0. The second kappa shape index (κ2) is 13.6. The number of alkyl halides is 3. The van der Waals surface area contributed by atoms with Gasteiger partial charge in [0.25, 0.3) is 0 Å². The third-order valence-corrected chi connectivity index (χ3v) is 4.37. The van der Waals surface area contributed by atoms with Crippen molar-refractivity contribution in [3.8, 4) is 0 Å². The third kappa shape index (κ3) is 10.8. The van der Waals surface area contributed by atoms with Gasteiger partial charge in [0.15, 0.2) is 0 Å². The minimum Gasteiger partial charge on any atom is -0.356 e. The van der Waals surface area contributed by atoms with E-state index in [4.69, 9.17) is 11.5 Å². The molecule has 174 valence electrons. The fourth-order valence-electron chi connectivity index (χ4n) is 2.79. The first-order chi connectivity index (χ1) is 14.7. The number of rotatable bonds is 13. The Balaban J connectivity index is 2.24. The van der Waals surface area contributed by atoms with E-state index >= 15 is 0 Å². The fraction of sp³-hybridized carbons (Fsp3) is 0.550. The van der Waals surface area contributed by atoms with Crippen molar-refractivity contribution in [2.45, 2.75) is 38.3 Å². The molecule has 0 aliphatic carbocycles. The van der Waals surface area contributed by atoms with Gasteiger partial charge in [0.05, 0.1) is 6.42 Å². The van der Waals surface area contributed by atoms with E-state index in [0.29, 0.717) is 51.1 Å². The van der Waals surface area contributed by atoms with E-state index in [2.05, 4.69) is 5.32 Å². The lowest BCUT2D eigenvalue weighted by Crippen LogP contribution is -2.38. The quantitative estimate of drug-likeness (QED) is 0.339. The molecule has 0 heterocycles. The van der Waals surface area contributed by atoms with Crippen molar-refractivity contribution >= 4 is 23.4 Å². The Bertz CT molecular complexity index is 705. The van der Waals surface area contributed by atoms with E-state index in [1.165, 1.54) is 24.3 Å². The summed E-state index contributed by atoms with van der Waals surface area (Å²) in [6.45, 7) is 2.22. The standard InChI is InChI=1S/C20H30F3N5O3/c21-20(22,23)19(31)27-16-7-5-15(6-8-16)14-17(29)26-11-3-1-2-4-18(30)28(12-9-24)13-10-25/h5-8H,1-4,9-14,24-25H2,(H,26,29)(H,27,31). The van der Waals surface area contributed by atoms with Crippen LogP contribution in [0.15, 0.2) is 24.3 Å². The number of unbranched alkanes of at least 4 members (excludes halogenated alkanes) is 2. The zero-order valence-electron chi connectivity index (χ0n) is 17.3. The molecule has 0 aliphatic heterocycles. The van der Waals surface area contributed by atoms with E-state index in [-0.39, 0.29) is 23.9 Å². The molecule has 6 N–H and O–H groups in total. The predicted octanol–water partition coefficient (Wildman–Crippen LogP) is 1.15. The summed E-state index contributed by atoms with van der Waals surface area (Å²) in [6, 6.07) is 5.57. The number of nitrogens with one attached hydrogen (secondary N) is 2. The number of nitrogens with zero attached hydrogens (tertiary/aromatic N) is 1. The van der Waals surface area contributed by atoms with E-state index in [9.17, 15) is 27.6 Å². The summed E-state index contributed by atoms with van der Waals surface area (Å²) in [5, 5.41) is 4.50. The molecule has 0 spiro atoms. The number of halogens is 3. The van der Waals surface area contributed by atoms with Crippen molar-refractivity contribution in [3.63, 3.8) is 0 Å². The predicted molar refractivity (Wildman–Crippen MR) is 111 cm³/mol. The lowest BCUT2D eigenvalue weighted by molar-refractivity contribution is -0.167. The van der Waals surface area contributed by atoms with Crippen molar-refractivity contribution in [1.29, 1.82) is 0 Å². The largest absolute Gasteiger partial charge is 0.471 e. The number of benzene rings is 1. The molecular formula is C20H30F3N5O3. The summed E-state index contributed by atoms with van der Waals surface area (Å²) in [7, 11) is 0. The van der Waals surface area contributed by atoms with Gasteiger partial charge in [0.1, 0.15) is 0 Å². The van der Waals surface area contributed by atoms with Crippen LogP contribution in [0.3, 0.4) is 0 Å². The van der Waals surface area contributed by atoms with Gasteiger partial charge in [-0.25, -0.2) is 0 Å². The van der Waals surface area contributed by atoms with E-state index < -0.39 is 12.1 Å². The molecule has 11 heteroatoms.